The van der Waals surface area contributed by atoms with Crippen LogP contribution in [-0.2, 0) is 0 Å². The number of para-hydroxylation sites is 2. The van der Waals surface area contributed by atoms with Gasteiger partial charge in [-0.2, -0.15) is 0 Å². The molecule has 94 valence electrons. The summed E-state index contributed by atoms with van der Waals surface area (Å²) in [4.78, 5) is 11.1. The molecule has 1 aromatic carbocycles. The molecule has 1 aliphatic heterocycles. The molecule has 1 atom stereocenters. The van der Waals surface area contributed by atoms with Gasteiger partial charge in [-0.25, -0.2) is 9.97 Å². The van der Waals surface area contributed by atoms with E-state index in [2.05, 4.69) is 14.9 Å². The van der Waals surface area contributed by atoms with Gasteiger partial charge in [-0.15, -0.1) is 0 Å². The first-order chi connectivity index (χ1) is 8.74. The molecule has 18 heavy (non-hydrogen) atoms. The molecular formula is C13H15ClN4. The molecule has 1 fully saturated rings. The number of fused-ring (bicyclic) bond motifs is 1. The molecule has 0 unspecified atom stereocenters. The minimum Gasteiger partial charge on any atom is -0.352 e. The summed E-state index contributed by atoms with van der Waals surface area (Å²) in [5, 5.41) is 0.461. The number of hydrogen-bond donors (Lipinski definition) is 1. The van der Waals surface area contributed by atoms with Gasteiger partial charge in [-0.05, 0) is 25.0 Å². The molecule has 3 rings (SSSR count). The first-order valence-corrected chi connectivity index (χ1v) is 6.54. The highest BCUT2D eigenvalue weighted by Crippen LogP contribution is 2.26. The van der Waals surface area contributed by atoms with E-state index in [1.807, 2.05) is 24.3 Å². The zero-order valence-electron chi connectivity index (χ0n) is 10.0. The Morgan fingerprint density at radius 3 is 2.67 bits per heavy atom. The van der Waals surface area contributed by atoms with Crippen molar-refractivity contribution in [1.29, 1.82) is 0 Å². The molecule has 1 aliphatic rings. The van der Waals surface area contributed by atoms with E-state index in [1.54, 1.807) is 0 Å². The Balaban J connectivity index is 2.02. The highest BCUT2D eigenvalue weighted by molar-refractivity contribution is 6.32. The van der Waals surface area contributed by atoms with Crippen LogP contribution in [0.3, 0.4) is 0 Å². The maximum absolute atomic E-state index is 6.23. The highest BCUT2D eigenvalue weighted by atomic mass is 35.5. The van der Waals surface area contributed by atoms with E-state index in [1.165, 1.54) is 0 Å². The smallest absolute Gasteiger partial charge is 0.172 e. The summed E-state index contributed by atoms with van der Waals surface area (Å²) in [6.45, 7) is 1.74. The van der Waals surface area contributed by atoms with Gasteiger partial charge in [-0.3, -0.25) is 0 Å². The van der Waals surface area contributed by atoms with Crippen LogP contribution in [0.2, 0.25) is 5.15 Å². The second-order valence-electron chi connectivity index (χ2n) is 4.68. The number of anilines is 1. The second kappa shape index (κ2) is 4.71. The topological polar surface area (TPSA) is 55.0 Å². The summed E-state index contributed by atoms with van der Waals surface area (Å²) in [6, 6.07) is 7.95. The van der Waals surface area contributed by atoms with Crippen molar-refractivity contribution in [3.05, 3.63) is 29.4 Å². The fourth-order valence-electron chi connectivity index (χ4n) is 2.37. The number of hydrogen-bond acceptors (Lipinski definition) is 4. The maximum atomic E-state index is 6.23. The normalized spacial score (nSPS) is 20.3. The molecule has 0 spiro atoms. The molecule has 0 bridgehead atoms. The molecule has 2 heterocycles. The summed E-state index contributed by atoms with van der Waals surface area (Å²) in [5.41, 5.74) is 7.69. The lowest BCUT2D eigenvalue weighted by Gasteiger charge is -2.31. The third kappa shape index (κ3) is 2.13. The number of halogens is 1. The monoisotopic (exact) mass is 262 g/mol. The predicted molar refractivity (Wildman–Crippen MR) is 74.0 cm³/mol. The second-order valence-corrected chi connectivity index (χ2v) is 5.03. The Bertz CT molecular complexity index is 572. The first-order valence-electron chi connectivity index (χ1n) is 6.17. The van der Waals surface area contributed by atoms with Gasteiger partial charge in [0.1, 0.15) is 0 Å². The lowest BCUT2D eigenvalue weighted by atomic mass is 10.1. The molecule has 2 aromatic rings. The Kier molecular flexibility index (Phi) is 3.06. The van der Waals surface area contributed by atoms with Gasteiger partial charge in [0.15, 0.2) is 11.0 Å². The van der Waals surface area contributed by atoms with Crippen LogP contribution in [0, 0.1) is 0 Å². The molecule has 1 aromatic heterocycles. The van der Waals surface area contributed by atoms with Crippen molar-refractivity contribution >= 4 is 28.5 Å². The number of benzene rings is 1. The van der Waals surface area contributed by atoms with Crippen molar-refractivity contribution < 1.29 is 0 Å². The Labute approximate surface area is 111 Å². The van der Waals surface area contributed by atoms with Crippen molar-refractivity contribution in [2.75, 3.05) is 18.0 Å². The van der Waals surface area contributed by atoms with Crippen LogP contribution in [-0.4, -0.2) is 29.1 Å². The number of nitrogens with two attached hydrogens (primary N) is 1. The van der Waals surface area contributed by atoms with Crippen LogP contribution in [0.1, 0.15) is 12.8 Å². The molecule has 2 N–H and O–H groups in total. The summed E-state index contributed by atoms with van der Waals surface area (Å²) in [6.07, 6.45) is 2.14. The van der Waals surface area contributed by atoms with Crippen LogP contribution in [0.25, 0.3) is 11.0 Å². The fraction of sp³-hybridized carbons (Fsp3) is 0.385. The number of nitrogens with zero attached hydrogens (tertiary/aromatic N) is 3. The molecule has 5 heteroatoms. The predicted octanol–water partition coefficient (Wildman–Crippen LogP) is 2.21. The maximum Gasteiger partial charge on any atom is 0.172 e. The van der Waals surface area contributed by atoms with Crippen molar-refractivity contribution in [1.82, 2.24) is 9.97 Å². The van der Waals surface area contributed by atoms with Crippen molar-refractivity contribution in [3.63, 3.8) is 0 Å². The molecule has 4 nitrogen and oxygen atoms in total. The van der Waals surface area contributed by atoms with Crippen LogP contribution in [0.5, 0.6) is 0 Å². The largest absolute Gasteiger partial charge is 0.352 e. The van der Waals surface area contributed by atoms with Crippen LogP contribution in [0.15, 0.2) is 24.3 Å². The van der Waals surface area contributed by atoms with Crippen molar-refractivity contribution in [2.45, 2.75) is 18.9 Å². The summed E-state index contributed by atoms with van der Waals surface area (Å²) >= 11 is 6.23. The molecule has 0 amide bonds. The molecule has 0 radical (unpaired) electrons. The van der Waals surface area contributed by atoms with Gasteiger partial charge in [0.05, 0.1) is 11.0 Å². The number of aromatic nitrogens is 2. The summed E-state index contributed by atoms with van der Waals surface area (Å²) in [5.74, 6) is 0.755. The third-order valence-electron chi connectivity index (χ3n) is 3.27. The lowest BCUT2D eigenvalue weighted by molar-refractivity contribution is 0.503. The van der Waals surface area contributed by atoms with Gasteiger partial charge in [0.2, 0.25) is 0 Å². The highest BCUT2D eigenvalue weighted by Gasteiger charge is 2.21. The van der Waals surface area contributed by atoms with Gasteiger partial charge in [0.25, 0.3) is 0 Å². The summed E-state index contributed by atoms with van der Waals surface area (Å²) in [7, 11) is 0. The van der Waals surface area contributed by atoms with Gasteiger partial charge < -0.3 is 10.6 Å². The Morgan fingerprint density at radius 1 is 1.22 bits per heavy atom. The average molecular weight is 263 g/mol. The zero-order chi connectivity index (χ0) is 12.5. The van der Waals surface area contributed by atoms with Crippen LogP contribution in [0.4, 0.5) is 5.82 Å². The zero-order valence-corrected chi connectivity index (χ0v) is 10.8. The van der Waals surface area contributed by atoms with E-state index in [4.69, 9.17) is 17.3 Å². The average Bonchev–Trinajstić information content (AvgIpc) is 2.38. The fourth-order valence-corrected chi connectivity index (χ4v) is 2.63. The SMILES string of the molecule is N[C@@H]1CCCN(c2nc3ccccc3nc2Cl)C1. The minimum atomic E-state index is 0.197. The Hall–Kier alpha value is -1.39. The van der Waals surface area contributed by atoms with E-state index in [-0.39, 0.29) is 6.04 Å². The van der Waals surface area contributed by atoms with Gasteiger partial charge in [-0.1, -0.05) is 23.7 Å². The third-order valence-corrected chi connectivity index (χ3v) is 3.52. The first kappa shape index (κ1) is 11.7. The minimum absolute atomic E-state index is 0.197. The summed E-state index contributed by atoms with van der Waals surface area (Å²) < 4.78 is 0. The standard InChI is InChI=1S/C13H15ClN4/c14-12-13(18-7-3-4-9(15)8-18)17-11-6-2-1-5-10(11)16-12/h1-2,5-6,9H,3-4,7-8,15H2/t9-/m1/s1. The number of piperidine rings is 1. The Morgan fingerprint density at radius 2 is 1.94 bits per heavy atom. The number of rotatable bonds is 1. The van der Waals surface area contributed by atoms with Crippen LogP contribution < -0.4 is 10.6 Å². The molecule has 0 saturated carbocycles. The van der Waals surface area contributed by atoms with E-state index in [0.717, 1.165) is 42.8 Å². The molecule has 1 saturated heterocycles. The van der Waals surface area contributed by atoms with Crippen molar-refractivity contribution in [2.24, 2.45) is 5.73 Å². The van der Waals surface area contributed by atoms with Crippen LogP contribution >= 0.6 is 11.6 Å². The lowest BCUT2D eigenvalue weighted by Crippen LogP contribution is -2.43. The quantitative estimate of drug-likeness (QED) is 0.856. The van der Waals surface area contributed by atoms with Crippen molar-refractivity contribution in [3.8, 4) is 0 Å². The van der Waals surface area contributed by atoms with E-state index in [0.29, 0.717) is 5.15 Å². The van der Waals surface area contributed by atoms with E-state index in [9.17, 15) is 0 Å². The molecule has 0 aliphatic carbocycles. The van der Waals surface area contributed by atoms with E-state index < -0.39 is 0 Å². The van der Waals surface area contributed by atoms with E-state index >= 15 is 0 Å². The van der Waals surface area contributed by atoms with Gasteiger partial charge >= 0.3 is 0 Å². The molecular weight excluding hydrogens is 248 g/mol. The van der Waals surface area contributed by atoms with Gasteiger partial charge in [0, 0.05) is 19.1 Å².